The Morgan fingerprint density at radius 2 is 1.72 bits per heavy atom. The number of nitrogens with zero attached hydrogens (tertiary/aromatic N) is 1. The summed E-state index contributed by atoms with van der Waals surface area (Å²) in [5.74, 6) is -1.20. The number of hydroxylamine groups is 2. The molecule has 0 fully saturated rings. The van der Waals surface area contributed by atoms with Crippen LogP contribution in [0.4, 0.5) is 4.39 Å². The Balaban J connectivity index is 2.19. The summed E-state index contributed by atoms with van der Waals surface area (Å²) in [7, 11) is 0. The number of carbonyl (C=O) groups excluding carboxylic acids is 2. The summed E-state index contributed by atoms with van der Waals surface area (Å²) < 4.78 is 13.4. The molecule has 0 aliphatic carbocycles. The molecule has 1 amide bonds. The van der Waals surface area contributed by atoms with Crippen LogP contribution >= 0.6 is 0 Å². The van der Waals surface area contributed by atoms with E-state index in [1.807, 2.05) is 36.4 Å². The number of halogens is 1. The third kappa shape index (κ3) is 5.28. The van der Waals surface area contributed by atoms with E-state index in [2.05, 4.69) is 0 Å². The van der Waals surface area contributed by atoms with Gasteiger partial charge in [0.1, 0.15) is 5.82 Å². The van der Waals surface area contributed by atoms with Crippen LogP contribution in [-0.4, -0.2) is 23.0 Å². The number of benzene rings is 2. The van der Waals surface area contributed by atoms with Gasteiger partial charge in [-0.1, -0.05) is 42.5 Å². The van der Waals surface area contributed by atoms with Crippen molar-refractivity contribution in [3.8, 4) is 11.1 Å². The van der Waals surface area contributed by atoms with Gasteiger partial charge in [0.2, 0.25) is 0 Å². The van der Waals surface area contributed by atoms with E-state index in [0.717, 1.165) is 21.8 Å². The zero-order valence-corrected chi connectivity index (χ0v) is 14.4. The number of rotatable bonds is 4. The largest absolute Gasteiger partial charge is 0.338 e. The summed E-state index contributed by atoms with van der Waals surface area (Å²) in [6.45, 7) is 4.32. The minimum atomic E-state index is -0.552. The van der Waals surface area contributed by atoms with Gasteiger partial charge in [-0.15, -0.1) is 0 Å². The van der Waals surface area contributed by atoms with Crippen molar-refractivity contribution in [3.05, 3.63) is 66.0 Å². The molecular weight excluding hydrogens is 321 g/mol. The molecule has 2 rings (SSSR count). The fourth-order valence-corrected chi connectivity index (χ4v) is 2.39. The molecule has 1 atom stereocenters. The highest BCUT2D eigenvalue weighted by Crippen LogP contribution is 2.22. The van der Waals surface area contributed by atoms with Crippen LogP contribution in [0.5, 0.6) is 0 Å². The summed E-state index contributed by atoms with van der Waals surface area (Å²) in [5, 5.41) is 1.02. The molecule has 0 aliphatic heterocycles. The molecule has 4 nitrogen and oxygen atoms in total. The molecule has 0 radical (unpaired) electrons. The second-order valence-corrected chi connectivity index (χ2v) is 5.66. The molecule has 0 bridgehead atoms. The van der Waals surface area contributed by atoms with Crippen molar-refractivity contribution in [3.63, 3.8) is 0 Å². The zero-order chi connectivity index (χ0) is 18.4. The first-order valence-electron chi connectivity index (χ1n) is 7.89. The molecule has 2 aromatic carbocycles. The second-order valence-electron chi connectivity index (χ2n) is 5.66. The lowest BCUT2D eigenvalue weighted by atomic mass is 10.0. The van der Waals surface area contributed by atoms with E-state index in [9.17, 15) is 14.0 Å². The lowest BCUT2D eigenvalue weighted by Gasteiger charge is -2.23. The van der Waals surface area contributed by atoms with Crippen LogP contribution in [0.3, 0.4) is 0 Å². The minimum Gasteiger partial charge on any atom is -0.338 e. The Morgan fingerprint density at radius 1 is 1.08 bits per heavy atom. The fourth-order valence-electron chi connectivity index (χ4n) is 2.39. The molecule has 0 N–H and O–H groups in total. The lowest BCUT2D eigenvalue weighted by Crippen LogP contribution is -2.37. The van der Waals surface area contributed by atoms with Gasteiger partial charge in [0.25, 0.3) is 5.91 Å². The first-order chi connectivity index (χ1) is 11.9. The molecule has 0 spiro atoms. The third-order valence-electron chi connectivity index (χ3n) is 3.52. The number of hydrogen-bond donors (Lipinski definition) is 0. The van der Waals surface area contributed by atoms with Crippen molar-refractivity contribution < 1.29 is 18.8 Å². The second kappa shape index (κ2) is 8.24. The van der Waals surface area contributed by atoms with Crippen molar-refractivity contribution in [2.75, 3.05) is 0 Å². The Kier molecular flexibility index (Phi) is 6.06. The van der Waals surface area contributed by atoms with Gasteiger partial charge in [-0.25, -0.2) is 4.39 Å². The average molecular weight is 341 g/mol. The molecule has 0 saturated carbocycles. The molecule has 0 aromatic heterocycles. The van der Waals surface area contributed by atoms with E-state index in [4.69, 9.17) is 4.84 Å². The van der Waals surface area contributed by atoms with Gasteiger partial charge in [0.15, 0.2) is 0 Å². The van der Waals surface area contributed by atoms with Crippen molar-refractivity contribution in [1.29, 1.82) is 0 Å². The number of carbonyl (C=O) groups is 2. The summed E-state index contributed by atoms with van der Waals surface area (Å²) in [6.07, 6.45) is 3.59. The normalized spacial score (nSPS) is 12.0. The van der Waals surface area contributed by atoms with Gasteiger partial charge in [-0.3, -0.25) is 9.59 Å². The Labute approximate surface area is 146 Å². The smallest absolute Gasteiger partial charge is 0.329 e. The predicted molar refractivity (Wildman–Crippen MR) is 94.6 cm³/mol. The maximum absolute atomic E-state index is 13.4. The fraction of sp³-hybridized carbons (Fsp3) is 0.200. The average Bonchev–Trinajstić information content (AvgIpc) is 2.57. The van der Waals surface area contributed by atoms with Crippen LogP contribution in [0.2, 0.25) is 0 Å². The summed E-state index contributed by atoms with van der Waals surface area (Å²) in [5.41, 5.74) is 2.56. The van der Waals surface area contributed by atoms with E-state index in [1.165, 1.54) is 26.0 Å². The quantitative estimate of drug-likeness (QED) is 0.782. The van der Waals surface area contributed by atoms with Crippen molar-refractivity contribution >= 4 is 18.0 Å². The van der Waals surface area contributed by atoms with Gasteiger partial charge in [0.05, 0.1) is 6.04 Å². The number of hydrogen-bond acceptors (Lipinski definition) is 3. The van der Waals surface area contributed by atoms with Gasteiger partial charge in [0, 0.05) is 13.8 Å². The van der Waals surface area contributed by atoms with Crippen LogP contribution in [0.25, 0.3) is 17.2 Å². The third-order valence-corrected chi connectivity index (χ3v) is 3.52. The Bertz CT molecular complexity index is 801. The molecule has 5 heteroatoms. The first-order valence-corrected chi connectivity index (χ1v) is 7.89. The molecule has 130 valence electrons. The Morgan fingerprint density at radius 3 is 2.32 bits per heavy atom. The molecule has 0 aliphatic rings. The van der Waals surface area contributed by atoms with E-state index in [-0.39, 0.29) is 11.7 Å². The molecule has 0 heterocycles. The lowest BCUT2D eigenvalue weighted by molar-refractivity contribution is -0.199. The summed E-state index contributed by atoms with van der Waals surface area (Å²) >= 11 is 0. The van der Waals surface area contributed by atoms with Crippen LogP contribution in [0, 0.1) is 5.82 Å². The van der Waals surface area contributed by atoms with Crippen LogP contribution < -0.4 is 0 Å². The first kappa shape index (κ1) is 18.4. The van der Waals surface area contributed by atoms with Crippen molar-refractivity contribution in [1.82, 2.24) is 5.06 Å². The van der Waals surface area contributed by atoms with Crippen LogP contribution in [0.15, 0.2) is 54.6 Å². The summed E-state index contributed by atoms with van der Waals surface area (Å²) in [4.78, 5) is 27.6. The minimum absolute atomic E-state index is 0.287. The van der Waals surface area contributed by atoms with E-state index < -0.39 is 12.0 Å². The topological polar surface area (TPSA) is 46.6 Å². The van der Waals surface area contributed by atoms with Gasteiger partial charge in [-0.2, -0.15) is 5.06 Å². The van der Waals surface area contributed by atoms with Crippen molar-refractivity contribution in [2.45, 2.75) is 26.8 Å². The van der Waals surface area contributed by atoms with Gasteiger partial charge in [-0.05, 0) is 41.8 Å². The highest BCUT2D eigenvalue weighted by Gasteiger charge is 2.17. The number of amides is 1. The standard InChI is InChI=1S/C20H20FNO3/c1-14(22(15(2)23)25-16(3)24)10-11-17-6-4-7-18(12-17)19-8-5-9-20(21)13-19/h4-14H,1-3H3/b11-10+/t14-/m0/s1. The molecule has 0 saturated heterocycles. The van der Waals surface area contributed by atoms with E-state index in [1.54, 1.807) is 19.1 Å². The van der Waals surface area contributed by atoms with Crippen LogP contribution in [-0.2, 0) is 14.4 Å². The van der Waals surface area contributed by atoms with Gasteiger partial charge >= 0.3 is 5.97 Å². The molecular formula is C20H20FNO3. The SMILES string of the molecule is CC(=O)ON(C(C)=O)[C@@H](C)/C=C/c1cccc(-c2cccc(F)c2)c1. The van der Waals surface area contributed by atoms with Gasteiger partial charge < -0.3 is 4.84 Å². The Hall–Kier alpha value is -2.95. The highest BCUT2D eigenvalue weighted by atomic mass is 19.1. The zero-order valence-electron chi connectivity index (χ0n) is 14.4. The maximum atomic E-state index is 13.4. The van der Waals surface area contributed by atoms with E-state index in [0.29, 0.717) is 0 Å². The molecule has 2 aromatic rings. The maximum Gasteiger partial charge on any atom is 0.329 e. The van der Waals surface area contributed by atoms with Crippen molar-refractivity contribution in [2.24, 2.45) is 0 Å². The molecule has 0 unspecified atom stereocenters. The molecule has 25 heavy (non-hydrogen) atoms. The summed E-state index contributed by atoms with van der Waals surface area (Å²) in [6, 6.07) is 13.6. The highest BCUT2D eigenvalue weighted by molar-refractivity contribution is 5.76. The van der Waals surface area contributed by atoms with Crippen LogP contribution in [0.1, 0.15) is 26.3 Å². The van der Waals surface area contributed by atoms with E-state index >= 15 is 0 Å². The monoisotopic (exact) mass is 341 g/mol. The predicted octanol–water partition coefficient (Wildman–Crippen LogP) is 4.22.